The van der Waals surface area contributed by atoms with E-state index in [0.717, 1.165) is 0 Å². The lowest BCUT2D eigenvalue weighted by Gasteiger charge is -2.44. The fraction of sp³-hybridized carbons (Fsp3) is 0.444. The molecule has 1 aliphatic rings. The molecule has 5 heteroatoms. The molecule has 2 nitrogen and oxygen atoms in total. The number of hydrogen-bond acceptors (Lipinski definition) is 2. The second-order valence-electron chi connectivity index (χ2n) is 3.71. The Bertz CT molecular complexity index is 357. The van der Waals surface area contributed by atoms with E-state index in [1.165, 1.54) is 18.3 Å². The molecule has 0 bridgehead atoms. The molecular weight excluding hydrogens is 193 g/mol. The van der Waals surface area contributed by atoms with Crippen molar-refractivity contribution in [3.8, 4) is 0 Å². The first-order valence-electron chi connectivity index (χ1n) is 4.21. The second kappa shape index (κ2) is 2.70. The Hall–Kier alpha value is -1.10. The molecule has 2 rings (SSSR count). The van der Waals surface area contributed by atoms with E-state index in [1.54, 1.807) is 0 Å². The summed E-state index contributed by atoms with van der Waals surface area (Å²) >= 11 is 0. The highest BCUT2D eigenvalue weighted by Gasteiger charge is 2.56. The second-order valence-corrected chi connectivity index (χ2v) is 3.71. The number of rotatable bonds is 1. The average Bonchev–Trinajstić information content (AvgIpc) is 2.00. The number of pyridine rings is 1. The molecular formula is C9H9F3N2. The Labute approximate surface area is 78.9 Å². The summed E-state index contributed by atoms with van der Waals surface area (Å²) in [6, 6.07) is 2.89. The zero-order chi connectivity index (χ0) is 10.4. The van der Waals surface area contributed by atoms with Crippen molar-refractivity contribution in [2.24, 2.45) is 5.73 Å². The van der Waals surface area contributed by atoms with E-state index >= 15 is 0 Å². The first kappa shape index (κ1) is 9.45. The third kappa shape index (κ3) is 1.37. The summed E-state index contributed by atoms with van der Waals surface area (Å²) in [5, 5.41) is 0. The van der Waals surface area contributed by atoms with Crippen molar-refractivity contribution in [2.75, 3.05) is 0 Å². The third-order valence-corrected chi connectivity index (χ3v) is 2.44. The smallest absolute Gasteiger partial charge is 0.252 e. The van der Waals surface area contributed by atoms with Crippen molar-refractivity contribution in [2.45, 2.75) is 24.3 Å². The average molecular weight is 202 g/mol. The first-order valence-corrected chi connectivity index (χ1v) is 4.21. The van der Waals surface area contributed by atoms with Crippen molar-refractivity contribution in [1.82, 2.24) is 4.98 Å². The van der Waals surface area contributed by atoms with E-state index in [4.69, 9.17) is 5.73 Å². The predicted molar refractivity (Wildman–Crippen MR) is 44.2 cm³/mol. The molecule has 0 aromatic carbocycles. The van der Waals surface area contributed by atoms with Gasteiger partial charge in [0.15, 0.2) is 0 Å². The van der Waals surface area contributed by atoms with Crippen LogP contribution in [-0.4, -0.2) is 10.9 Å². The molecule has 0 saturated heterocycles. The summed E-state index contributed by atoms with van der Waals surface area (Å²) in [5.74, 6) is -3.53. The molecule has 0 amide bonds. The van der Waals surface area contributed by atoms with E-state index in [1.807, 2.05) is 0 Å². The number of alkyl halides is 2. The number of hydrogen-bond donors (Lipinski definition) is 1. The molecule has 1 aromatic heterocycles. The minimum absolute atomic E-state index is 0.0749. The number of halogens is 3. The van der Waals surface area contributed by atoms with Gasteiger partial charge >= 0.3 is 0 Å². The zero-order valence-electron chi connectivity index (χ0n) is 7.30. The van der Waals surface area contributed by atoms with Crippen LogP contribution in [0, 0.1) is 5.95 Å². The van der Waals surface area contributed by atoms with Crippen LogP contribution in [0.15, 0.2) is 18.3 Å². The van der Waals surface area contributed by atoms with E-state index < -0.39 is 30.3 Å². The largest absolute Gasteiger partial charge is 0.321 e. The molecule has 0 spiro atoms. The van der Waals surface area contributed by atoms with E-state index in [0.29, 0.717) is 0 Å². The first-order chi connectivity index (χ1) is 6.43. The fourth-order valence-corrected chi connectivity index (χ4v) is 1.82. The molecule has 1 heterocycles. The minimum Gasteiger partial charge on any atom is -0.321 e. The number of nitrogens with zero attached hydrogens (tertiary/aromatic N) is 1. The van der Waals surface area contributed by atoms with Gasteiger partial charge < -0.3 is 5.73 Å². The van der Waals surface area contributed by atoms with Crippen molar-refractivity contribution >= 4 is 0 Å². The summed E-state index contributed by atoms with van der Waals surface area (Å²) in [7, 11) is 0. The maximum absolute atomic E-state index is 13.1. The molecule has 2 N–H and O–H groups in total. The van der Waals surface area contributed by atoms with Crippen LogP contribution in [0.3, 0.4) is 0 Å². The summed E-state index contributed by atoms with van der Waals surface area (Å²) in [5.41, 5.74) is 4.47. The van der Waals surface area contributed by atoms with Gasteiger partial charge in [-0.3, -0.25) is 0 Å². The van der Waals surface area contributed by atoms with E-state index in [-0.39, 0.29) is 5.56 Å². The summed E-state index contributed by atoms with van der Waals surface area (Å²) < 4.78 is 38.4. The van der Waals surface area contributed by atoms with Crippen LogP contribution in [0.1, 0.15) is 18.4 Å². The maximum atomic E-state index is 13.1. The van der Waals surface area contributed by atoms with Crippen LogP contribution < -0.4 is 5.73 Å². The standard InChI is InChI=1S/C9H9F3N2/c10-7-6(2-1-3-14-7)8(13)4-9(11,12)5-8/h1-3H,4-5,13H2. The SMILES string of the molecule is NC1(c2cccnc2F)CC(F)(F)C1. The molecule has 76 valence electrons. The highest BCUT2D eigenvalue weighted by atomic mass is 19.3. The Balaban J connectivity index is 2.30. The van der Waals surface area contributed by atoms with Gasteiger partial charge in [0.25, 0.3) is 5.92 Å². The lowest BCUT2D eigenvalue weighted by Crippen LogP contribution is -2.56. The van der Waals surface area contributed by atoms with Gasteiger partial charge in [0.1, 0.15) is 0 Å². The zero-order valence-corrected chi connectivity index (χ0v) is 7.30. The number of nitrogens with two attached hydrogens (primary N) is 1. The molecule has 1 aliphatic carbocycles. The van der Waals surface area contributed by atoms with Gasteiger partial charge in [-0.1, -0.05) is 6.07 Å². The van der Waals surface area contributed by atoms with E-state index in [9.17, 15) is 13.2 Å². The van der Waals surface area contributed by atoms with Crippen LogP contribution in [0.4, 0.5) is 13.2 Å². The van der Waals surface area contributed by atoms with Crippen molar-refractivity contribution in [1.29, 1.82) is 0 Å². The van der Waals surface area contributed by atoms with Crippen molar-refractivity contribution in [3.63, 3.8) is 0 Å². The van der Waals surface area contributed by atoms with Gasteiger partial charge in [0.2, 0.25) is 5.95 Å². The van der Waals surface area contributed by atoms with Crippen LogP contribution >= 0.6 is 0 Å². The van der Waals surface area contributed by atoms with Gasteiger partial charge in [-0.25, -0.2) is 13.8 Å². The summed E-state index contributed by atoms with van der Waals surface area (Å²) in [6.45, 7) is 0. The Kier molecular flexibility index (Phi) is 1.82. The quantitative estimate of drug-likeness (QED) is 0.705. The molecule has 1 saturated carbocycles. The topological polar surface area (TPSA) is 38.9 Å². The molecule has 1 aromatic rings. The van der Waals surface area contributed by atoms with Crippen LogP contribution in [-0.2, 0) is 5.54 Å². The molecule has 0 radical (unpaired) electrons. The third-order valence-electron chi connectivity index (χ3n) is 2.44. The van der Waals surface area contributed by atoms with Crippen molar-refractivity contribution < 1.29 is 13.2 Å². The Morgan fingerprint density at radius 3 is 2.50 bits per heavy atom. The van der Waals surface area contributed by atoms with Crippen LogP contribution in [0.25, 0.3) is 0 Å². The maximum Gasteiger partial charge on any atom is 0.252 e. The lowest BCUT2D eigenvalue weighted by atomic mass is 9.70. The highest BCUT2D eigenvalue weighted by Crippen LogP contribution is 2.50. The van der Waals surface area contributed by atoms with Crippen LogP contribution in [0.2, 0.25) is 0 Å². The predicted octanol–water partition coefficient (Wildman–Crippen LogP) is 1.80. The molecule has 0 unspecified atom stereocenters. The number of aromatic nitrogens is 1. The Morgan fingerprint density at radius 2 is 2.00 bits per heavy atom. The lowest BCUT2D eigenvalue weighted by molar-refractivity contribution is -0.126. The molecule has 1 fully saturated rings. The van der Waals surface area contributed by atoms with Gasteiger partial charge in [0, 0.05) is 24.6 Å². The normalized spacial score (nSPS) is 22.9. The van der Waals surface area contributed by atoms with Crippen LogP contribution in [0.5, 0.6) is 0 Å². The van der Waals surface area contributed by atoms with Gasteiger partial charge in [-0.15, -0.1) is 0 Å². The minimum atomic E-state index is -2.77. The monoisotopic (exact) mass is 202 g/mol. The Morgan fingerprint density at radius 1 is 1.36 bits per heavy atom. The van der Waals surface area contributed by atoms with Crippen molar-refractivity contribution in [3.05, 3.63) is 29.8 Å². The highest BCUT2D eigenvalue weighted by molar-refractivity contribution is 5.27. The van der Waals surface area contributed by atoms with Gasteiger partial charge in [-0.05, 0) is 6.07 Å². The molecule has 0 aliphatic heterocycles. The summed E-state index contributed by atoms with van der Waals surface area (Å²) in [6.07, 6.45) is 0.240. The van der Waals surface area contributed by atoms with E-state index in [2.05, 4.69) is 4.98 Å². The summed E-state index contributed by atoms with van der Waals surface area (Å²) in [4.78, 5) is 3.38. The van der Waals surface area contributed by atoms with Gasteiger partial charge in [0.05, 0.1) is 5.54 Å². The molecule has 14 heavy (non-hydrogen) atoms. The fourth-order valence-electron chi connectivity index (χ4n) is 1.82. The molecule has 0 atom stereocenters. The van der Waals surface area contributed by atoms with Gasteiger partial charge in [-0.2, -0.15) is 4.39 Å².